The summed E-state index contributed by atoms with van der Waals surface area (Å²) in [5.41, 5.74) is 3.84. The van der Waals surface area contributed by atoms with Gasteiger partial charge in [0.25, 0.3) is 0 Å². The minimum atomic E-state index is -0.382. The van der Waals surface area contributed by atoms with Crippen LogP contribution in [0.5, 0.6) is 0 Å². The van der Waals surface area contributed by atoms with Crippen molar-refractivity contribution in [3.8, 4) is 5.69 Å². The highest BCUT2D eigenvalue weighted by atomic mass is 19.1. The molecule has 0 amide bonds. The molecule has 5 nitrogen and oxygen atoms in total. The van der Waals surface area contributed by atoms with Crippen LogP contribution in [0.2, 0.25) is 0 Å². The Morgan fingerprint density at radius 1 is 1.11 bits per heavy atom. The third-order valence-electron chi connectivity index (χ3n) is 4.46. The first-order valence-electron chi connectivity index (χ1n) is 9.10. The molecule has 6 heteroatoms. The van der Waals surface area contributed by atoms with Gasteiger partial charge in [-0.15, -0.1) is 0 Å². The lowest BCUT2D eigenvalue weighted by Gasteiger charge is -2.11. The fourth-order valence-corrected chi connectivity index (χ4v) is 3.24. The van der Waals surface area contributed by atoms with Gasteiger partial charge in [-0.25, -0.2) is 9.18 Å². The summed E-state index contributed by atoms with van der Waals surface area (Å²) in [4.78, 5) is 17.1. The Kier molecular flexibility index (Phi) is 4.69. The zero-order valence-corrected chi connectivity index (χ0v) is 15.7. The van der Waals surface area contributed by atoms with Crippen molar-refractivity contribution in [1.29, 1.82) is 0 Å². The van der Waals surface area contributed by atoms with Crippen molar-refractivity contribution in [3.63, 3.8) is 0 Å². The van der Waals surface area contributed by atoms with Crippen molar-refractivity contribution in [2.45, 2.75) is 26.5 Å². The first kappa shape index (κ1) is 18.0. The first-order chi connectivity index (χ1) is 13.5. The van der Waals surface area contributed by atoms with Gasteiger partial charge in [0.15, 0.2) is 0 Å². The predicted molar refractivity (Wildman–Crippen MR) is 105 cm³/mol. The van der Waals surface area contributed by atoms with Crippen LogP contribution >= 0.6 is 0 Å². The highest BCUT2D eigenvalue weighted by molar-refractivity contribution is 5.95. The first-order valence-corrected chi connectivity index (χ1v) is 9.10. The standard InChI is InChI=1S/C22H20FN3O2/c1-15(2)28-22(27)21-13-20-19(26(21)14-17-5-3-4-11-24-17)10-12-25(20)18-8-6-16(23)7-9-18/h3-13,15H,14H2,1-2H3. The lowest BCUT2D eigenvalue weighted by molar-refractivity contribution is 0.0366. The van der Waals surface area contributed by atoms with E-state index < -0.39 is 0 Å². The number of pyridine rings is 1. The van der Waals surface area contributed by atoms with Crippen LogP contribution in [0.3, 0.4) is 0 Å². The van der Waals surface area contributed by atoms with E-state index in [0.717, 1.165) is 22.4 Å². The zero-order chi connectivity index (χ0) is 19.7. The van der Waals surface area contributed by atoms with Gasteiger partial charge in [-0.2, -0.15) is 0 Å². The average Bonchev–Trinajstić information content (AvgIpc) is 3.23. The van der Waals surface area contributed by atoms with Crippen LogP contribution < -0.4 is 0 Å². The number of nitrogens with zero attached hydrogens (tertiary/aromatic N) is 3. The van der Waals surface area contributed by atoms with Crippen LogP contribution in [-0.2, 0) is 11.3 Å². The van der Waals surface area contributed by atoms with E-state index in [1.165, 1.54) is 12.1 Å². The zero-order valence-electron chi connectivity index (χ0n) is 15.7. The second kappa shape index (κ2) is 7.31. The van der Waals surface area contributed by atoms with Crippen molar-refractivity contribution in [2.75, 3.05) is 0 Å². The molecular weight excluding hydrogens is 357 g/mol. The Morgan fingerprint density at radius 3 is 2.57 bits per heavy atom. The van der Waals surface area contributed by atoms with Gasteiger partial charge in [0, 0.05) is 18.1 Å². The Balaban J connectivity index is 1.84. The number of fused-ring (bicyclic) bond motifs is 1. The molecule has 0 atom stereocenters. The van der Waals surface area contributed by atoms with E-state index >= 15 is 0 Å². The van der Waals surface area contributed by atoms with Crippen molar-refractivity contribution in [3.05, 3.63) is 84.2 Å². The Morgan fingerprint density at radius 2 is 1.89 bits per heavy atom. The van der Waals surface area contributed by atoms with Crippen molar-refractivity contribution < 1.29 is 13.9 Å². The van der Waals surface area contributed by atoms with E-state index in [1.807, 2.05) is 59.5 Å². The molecule has 1 aromatic carbocycles. The molecule has 0 spiro atoms. The van der Waals surface area contributed by atoms with Crippen LogP contribution in [0.4, 0.5) is 4.39 Å². The van der Waals surface area contributed by atoms with Gasteiger partial charge >= 0.3 is 5.97 Å². The number of carbonyl (C=O) groups is 1. The molecular formula is C22H20FN3O2. The van der Waals surface area contributed by atoms with Gasteiger partial charge in [0.2, 0.25) is 0 Å². The number of halogens is 1. The molecule has 0 aliphatic rings. The van der Waals surface area contributed by atoms with Crippen LogP contribution in [-0.4, -0.2) is 26.2 Å². The molecule has 3 aromatic heterocycles. The van der Waals surface area contributed by atoms with Gasteiger partial charge in [-0.05, 0) is 62.4 Å². The smallest absolute Gasteiger partial charge is 0.355 e. The molecule has 0 radical (unpaired) electrons. The predicted octanol–water partition coefficient (Wildman–Crippen LogP) is 4.58. The van der Waals surface area contributed by atoms with Crippen LogP contribution in [0.25, 0.3) is 16.7 Å². The van der Waals surface area contributed by atoms with E-state index in [1.54, 1.807) is 18.3 Å². The van der Waals surface area contributed by atoms with Crippen LogP contribution in [0, 0.1) is 5.82 Å². The summed E-state index contributed by atoms with van der Waals surface area (Å²) < 4.78 is 22.6. The number of aromatic nitrogens is 3. The summed E-state index contributed by atoms with van der Waals surface area (Å²) in [6.45, 7) is 4.09. The molecule has 0 aliphatic carbocycles. The van der Waals surface area contributed by atoms with E-state index in [0.29, 0.717) is 12.2 Å². The largest absolute Gasteiger partial charge is 0.458 e. The Hall–Kier alpha value is -3.41. The molecule has 0 unspecified atom stereocenters. The number of ether oxygens (including phenoxy) is 1. The van der Waals surface area contributed by atoms with E-state index in [2.05, 4.69) is 4.98 Å². The average molecular weight is 377 g/mol. The maximum Gasteiger partial charge on any atom is 0.355 e. The number of hydrogen-bond donors (Lipinski definition) is 0. The van der Waals surface area contributed by atoms with E-state index in [4.69, 9.17) is 4.74 Å². The normalized spacial score (nSPS) is 11.3. The van der Waals surface area contributed by atoms with Crippen molar-refractivity contribution in [1.82, 2.24) is 14.1 Å². The lowest BCUT2D eigenvalue weighted by Crippen LogP contribution is -2.16. The number of rotatable bonds is 5. The Bertz CT molecular complexity index is 1110. The molecule has 0 saturated heterocycles. The summed E-state index contributed by atoms with van der Waals surface area (Å²) in [7, 11) is 0. The maximum atomic E-state index is 13.3. The fraction of sp³-hybridized carbons (Fsp3) is 0.182. The minimum absolute atomic E-state index is 0.218. The maximum absolute atomic E-state index is 13.3. The molecule has 0 aliphatic heterocycles. The van der Waals surface area contributed by atoms with Gasteiger partial charge in [-0.1, -0.05) is 6.07 Å². The third-order valence-corrected chi connectivity index (χ3v) is 4.46. The highest BCUT2D eigenvalue weighted by Gasteiger charge is 2.21. The van der Waals surface area contributed by atoms with E-state index in [9.17, 15) is 9.18 Å². The summed E-state index contributed by atoms with van der Waals surface area (Å²) in [6.07, 6.45) is 3.42. The molecule has 4 aromatic rings. The van der Waals surface area contributed by atoms with Crippen LogP contribution in [0.1, 0.15) is 30.0 Å². The van der Waals surface area contributed by atoms with Crippen LogP contribution in [0.15, 0.2) is 67.0 Å². The van der Waals surface area contributed by atoms with E-state index in [-0.39, 0.29) is 17.9 Å². The van der Waals surface area contributed by atoms with Gasteiger partial charge in [-0.3, -0.25) is 4.98 Å². The second-order valence-corrected chi connectivity index (χ2v) is 6.82. The molecule has 28 heavy (non-hydrogen) atoms. The second-order valence-electron chi connectivity index (χ2n) is 6.82. The third kappa shape index (κ3) is 3.41. The summed E-state index contributed by atoms with van der Waals surface area (Å²) in [5.74, 6) is -0.672. The van der Waals surface area contributed by atoms with Crippen molar-refractivity contribution in [2.24, 2.45) is 0 Å². The topological polar surface area (TPSA) is 49.0 Å². The van der Waals surface area contributed by atoms with Gasteiger partial charge in [0.05, 0.1) is 29.4 Å². The van der Waals surface area contributed by atoms with Gasteiger partial charge in [0.1, 0.15) is 11.5 Å². The van der Waals surface area contributed by atoms with Crippen molar-refractivity contribution >= 4 is 17.0 Å². The lowest BCUT2D eigenvalue weighted by atomic mass is 10.3. The molecule has 0 saturated carbocycles. The highest BCUT2D eigenvalue weighted by Crippen LogP contribution is 2.26. The Labute approximate surface area is 162 Å². The number of benzene rings is 1. The van der Waals surface area contributed by atoms with Gasteiger partial charge < -0.3 is 13.9 Å². The summed E-state index contributed by atoms with van der Waals surface area (Å²) in [5, 5.41) is 0. The summed E-state index contributed by atoms with van der Waals surface area (Å²) in [6, 6.07) is 15.7. The SMILES string of the molecule is CC(C)OC(=O)c1cc2c(ccn2-c2ccc(F)cc2)n1Cc1ccccn1. The quantitative estimate of drug-likeness (QED) is 0.478. The number of hydrogen-bond acceptors (Lipinski definition) is 3. The molecule has 0 N–H and O–H groups in total. The number of esters is 1. The molecule has 142 valence electrons. The fourth-order valence-electron chi connectivity index (χ4n) is 3.24. The number of carbonyl (C=O) groups excluding carboxylic acids is 1. The molecule has 0 bridgehead atoms. The minimum Gasteiger partial charge on any atom is -0.458 e. The molecule has 3 heterocycles. The summed E-state index contributed by atoms with van der Waals surface area (Å²) >= 11 is 0. The monoisotopic (exact) mass is 377 g/mol. The molecule has 0 fully saturated rings. The molecule has 4 rings (SSSR count).